The largest absolute Gasteiger partial charge is 0.409 e. The number of aryl methyl sites for hydroxylation is 2. The van der Waals surface area contributed by atoms with Gasteiger partial charge in [0, 0.05) is 41.8 Å². The molecule has 0 aromatic carbocycles. The summed E-state index contributed by atoms with van der Waals surface area (Å²) < 4.78 is 35.7. The van der Waals surface area contributed by atoms with Crippen molar-refractivity contribution in [1.82, 2.24) is 10.3 Å². The molecule has 0 bridgehead atoms. The molecular weight excluding hydrogens is 283 g/mol. The number of pyridine rings is 1. The molecule has 1 unspecified atom stereocenters. The number of alkyl halides is 3. The van der Waals surface area contributed by atoms with Crippen molar-refractivity contribution < 1.29 is 18.0 Å². The molecule has 1 aromatic rings. The zero-order valence-corrected chi connectivity index (χ0v) is 12.1. The summed E-state index contributed by atoms with van der Waals surface area (Å²) in [6.07, 6.45) is -4.08. The average Bonchev–Trinajstić information content (AvgIpc) is 2.32. The SMILES string of the molecule is Cc1cc(NCC(C)NC(=O)C=CC(F)(F)F)cc(C)n1. The fraction of sp³-hybridized carbons (Fsp3) is 0.429. The predicted molar refractivity (Wildman–Crippen MR) is 75.0 cm³/mol. The van der Waals surface area contributed by atoms with Gasteiger partial charge in [0.2, 0.25) is 5.91 Å². The molecule has 7 heteroatoms. The average molecular weight is 301 g/mol. The van der Waals surface area contributed by atoms with Crippen LogP contribution in [0, 0.1) is 13.8 Å². The van der Waals surface area contributed by atoms with E-state index >= 15 is 0 Å². The minimum atomic E-state index is -4.48. The number of hydrogen-bond acceptors (Lipinski definition) is 3. The number of amides is 1. The number of rotatable bonds is 5. The Balaban J connectivity index is 2.45. The van der Waals surface area contributed by atoms with Crippen molar-refractivity contribution >= 4 is 11.6 Å². The molecule has 1 rings (SSSR count). The molecule has 0 aliphatic heterocycles. The summed E-state index contributed by atoms with van der Waals surface area (Å²) in [6, 6.07) is 3.39. The third-order valence-corrected chi connectivity index (χ3v) is 2.51. The Morgan fingerprint density at radius 2 is 1.90 bits per heavy atom. The molecule has 0 aliphatic rings. The number of anilines is 1. The quantitative estimate of drug-likeness (QED) is 0.822. The summed E-state index contributed by atoms with van der Waals surface area (Å²) >= 11 is 0. The first kappa shape index (κ1) is 17.0. The fourth-order valence-electron chi connectivity index (χ4n) is 1.72. The molecule has 116 valence electrons. The molecule has 21 heavy (non-hydrogen) atoms. The Labute approximate surface area is 121 Å². The van der Waals surface area contributed by atoms with Gasteiger partial charge in [-0.2, -0.15) is 13.2 Å². The highest BCUT2D eigenvalue weighted by molar-refractivity contribution is 5.87. The lowest BCUT2D eigenvalue weighted by atomic mass is 10.2. The lowest BCUT2D eigenvalue weighted by molar-refractivity contribution is -0.117. The Hall–Kier alpha value is -2.05. The molecule has 1 heterocycles. The smallest absolute Gasteiger partial charge is 0.383 e. The van der Waals surface area contributed by atoms with Crippen molar-refractivity contribution in [2.45, 2.75) is 33.0 Å². The zero-order valence-electron chi connectivity index (χ0n) is 12.1. The van der Waals surface area contributed by atoms with Gasteiger partial charge >= 0.3 is 6.18 Å². The van der Waals surface area contributed by atoms with E-state index in [-0.39, 0.29) is 12.1 Å². The van der Waals surface area contributed by atoms with Crippen LogP contribution in [0.3, 0.4) is 0 Å². The molecular formula is C14H18F3N3O. The van der Waals surface area contributed by atoms with Crippen LogP contribution >= 0.6 is 0 Å². The van der Waals surface area contributed by atoms with Crippen LogP contribution in [0.15, 0.2) is 24.3 Å². The first-order valence-corrected chi connectivity index (χ1v) is 6.41. The number of carbonyl (C=O) groups excluding carboxylic acids is 1. The van der Waals surface area contributed by atoms with E-state index in [1.807, 2.05) is 26.0 Å². The van der Waals surface area contributed by atoms with Gasteiger partial charge in [-0.1, -0.05) is 0 Å². The normalized spacial score (nSPS) is 13.2. The van der Waals surface area contributed by atoms with E-state index in [4.69, 9.17) is 0 Å². The maximum absolute atomic E-state index is 11.9. The number of allylic oxidation sites excluding steroid dienone is 1. The van der Waals surface area contributed by atoms with Crippen LogP contribution in [0.25, 0.3) is 0 Å². The highest BCUT2D eigenvalue weighted by Gasteiger charge is 2.22. The maximum atomic E-state index is 11.9. The maximum Gasteiger partial charge on any atom is 0.409 e. The number of aromatic nitrogens is 1. The highest BCUT2D eigenvalue weighted by Crippen LogP contribution is 2.15. The van der Waals surface area contributed by atoms with Gasteiger partial charge in [0.15, 0.2) is 0 Å². The first-order chi connectivity index (χ1) is 9.65. The summed E-state index contributed by atoms with van der Waals surface area (Å²) in [4.78, 5) is 15.5. The molecule has 1 aromatic heterocycles. The number of hydrogen-bond donors (Lipinski definition) is 2. The zero-order chi connectivity index (χ0) is 16.0. The van der Waals surface area contributed by atoms with Crippen LogP contribution in [0.1, 0.15) is 18.3 Å². The van der Waals surface area contributed by atoms with Crippen LogP contribution in [-0.2, 0) is 4.79 Å². The molecule has 0 saturated carbocycles. The standard InChI is InChI=1S/C14H18F3N3O/c1-9-6-12(7-10(2)19-9)18-8-11(3)20-13(21)4-5-14(15,16)17/h4-7,11H,8H2,1-3H3,(H,18,19)(H,20,21). The summed E-state index contributed by atoms with van der Waals surface area (Å²) in [5, 5.41) is 5.55. The second-order valence-corrected chi connectivity index (χ2v) is 4.80. The Morgan fingerprint density at radius 3 is 2.43 bits per heavy atom. The van der Waals surface area contributed by atoms with Crippen molar-refractivity contribution in [3.63, 3.8) is 0 Å². The van der Waals surface area contributed by atoms with Crippen LogP contribution in [0.2, 0.25) is 0 Å². The van der Waals surface area contributed by atoms with Gasteiger partial charge in [0.25, 0.3) is 0 Å². The lowest BCUT2D eigenvalue weighted by Crippen LogP contribution is -2.36. The monoisotopic (exact) mass is 301 g/mol. The summed E-state index contributed by atoms with van der Waals surface area (Å²) in [5.41, 5.74) is 2.58. The van der Waals surface area contributed by atoms with Gasteiger partial charge in [-0.05, 0) is 32.9 Å². The van der Waals surface area contributed by atoms with E-state index in [2.05, 4.69) is 15.6 Å². The second kappa shape index (κ2) is 7.10. The van der Waals surface area contributed by atoms with E-state index in [1.165, 1.54) is 0 Å². The molecule has 0 saturated heterocycles. The molecule has 2 N–H and O–H groups in total. The minimum Gasteiger partial charge on any atom is -0.383 e. The van der Waals surface area contributed by atoms with E-state index in [9.17, 15) is 18.0 Å². The third-order valence-electron chi connectivity index (χ3n) is 2.51. The van der Waals surface area contributed by atoms with Crippen molar-refractivity contribution in [3.05, 3.63) is 35.7 Å². The highest BCUT2D eigenvalue weighted by atomic mass is 19.4. The molecule has 0 aliphatic carbocycles. The van der Waals surface area contributed by atoms with Gasteiger partial charge in [0.1, 0.15) is 0 Å². The summed E-state index contributed by atoms with van der Waals surface area (Å²) in [6.45, 7) is 5.83. The van der Waals surface area contributed by atoms with Crippen LogP contribution in [-0.4, -0.2) is 29.7 Å². The number of carbonyl (C=O) groups is 1. The summed E-state index contributed by atoms with van der Waals surface area (Å²) in [7, 11) is 0. The van der Waals surface area contributed by atoms with Crippen LogP contribution in [0.4, 0.5) is 18.9 Å². The van der Waals surface area contributed by atoms with Crippen LogP contribution < -0.4 is 10.6 Å². The Morgan fingerprint density at radius 1 is 1.33 bits per heavy atom. The second-order valence-electron chi connectivity index (χ2n) is 4.80. The molecule has 0 spiro atoms. The topological polar surface area (TPSA) is 54.0 Å². The minimum absolute atomic E-state index is 0.0853. The van der Waals surface area contributed by atoms with Gasteiger partial charge in [-0.3, -0.25) is 9.78 Å². The van der Waals surface area contributed by atoms with Crippen LogP contribution in [0.5, 0.6) is 0 Å². The Kier molecular flexibility index (Phi) is 5.75. The van der Waals surface area contributed by atoms with Crippen molar-refractivity contribution in [2.24, 2.45) is 0 Å². The first-order valence-electron chi connectivity index (χ1n) is 6.41. The van der Waals surface area contributed by atoms with Crippen molar-refractivity contribution in [1.29, 1.82) is 0 Å². The molecule has 1 atom stereocenters. The van der Waals surface area contributed by atoms with E-state index in [1.54, 1.807) is 6.92 Å². The third kappa shape index (κ3) is 7.34. The molecule has 0 fully saturated rings. The van der Waals surface area contributed by atoms with Gasteiger partial charge in [-0.25, -0.2) is 0 Å². The van der Waals surface area contributed by atoms with Gasteiger partial charge < -0.3 is 10.6 Å². The lowest BCUT2D eigenvalue weighted by Gasteiger charge is -2.15. The number of nitrogens with one attached hydrogen (secondary N) is 2. The molecule has 1 amide bonds. The fourth-order valence-corrected chi connectivity index (χ4v) is 1.72. The molecule has 4 nitrogen and oxygen atoms in total. The predicted octanol–water partition coefficient (Wildman–Crippen LogP) is 2.73. The van der Waals surface area contributed by atoms with E-state index in [0.717, 1.165) is 17.1 Å². The van der Waals surface area contributed by atoms with Gasteiger partial charge in [-0.15, -0.1) is 0 Å². The van der Waals surface area contributed by atoms with Crippen molar-refractivity contribution in [3.8, 4) is 0 Å². The number of nitrogens with zero attached hydrogens (tertiary/aromatic N) is 1. The summed E-state index contributed by atoms with van der Waals surface area (Å²) in [5.74, 6) is -0.774. The van der Waals surface area contributed by atoms with Crippen molar-refractivity contribution in [2.75, 3.05) is 11.9 Å². The number of halogens is 3. The van der Waals surface area contributed by atoms with Gasteiger partial charge in [0.05, 0.1) is 0 Å². The molecule has 0 radical (unpaired) electrons. The van der Waals surface area contributed by atoms with E-state index in [0.29, 0.717) is 12.6 Å². The Bertz CT molecular complexity index is 506. The van der Waals surface area contributed by atoms with E-state index < -0.39 is 12.1 Å².